The maximum atomic E-state index is 11.4. The lowest BCUT2D eigenvalue weighted by Crippen LogP contribution is -1.86. The van der Waals surface area contributed by atoms with Gasteiger partial charge in [-0.15, -0.1) is 0 Å². The van der Waals surface area contributed by atoms with Gasteiger partial charge < -0.3 is 0 Å². The monoisotopic (exact) mass is 222 g/mol. The van der Waals surface area contributed by atoms with E-state index in [0.29, 0.717) is 4.08 Å². The maximum Gasteiger partial charge on any atom is 0.289 e. The van der Waals surface area contributed by atoms with E-state index in [1.807, 2.05) is 0 Å². The largest absolute Gasteiger partial charge is 0.289 e. The Morgan fingerprint density at radius 3 is 2.00 bits per heavy atom. The highest BCUT2D eigenvalue weighted by Gasteiger charge is 2.06. The van der Waals surface area contributed by atoms with Crippen LogP contribution in [-0.4, -0.2) is 6.43 Å². The Morgan fingerprint density at radius 2 is 2.00 bits per heavy atom. The van der Waals surface area contributed by atoms with E-state index < -0.39 is 12.3 Å². The zero-order chi connectivity index (χ0) is 5.86. The first-order valence-corrected chi connectivity index (χ1v) is 2.67. The molecule has 42 valence electrons. The van der Waals surface area contributed by atoms with Crippen LogP contribution in [-0.2, 0) is 0 Å². The van der Waals surface area contributed by atoms with Gasteiger partial charge in [-0.2, -0.15) is 0 Å². The van der Waals surface area contributed by atoms with E-state index in [9.17, 15) is 13.2 Å². The third-order valence-corrected chi connectivity index (χ3v) is 0.908. The fourth-order valence-electron chi connectivity index (χ4n) is 0.0476. The fourth-order valence-corrected chi connectivity index (χ4v) is 0.319. The van der Waals surface area contributed by atoms with Gasteiger partial charge >= 0.3 is 0 Å². The third kappa shape index (κ3) is 2.90. The Bertz CT molecular complexity index is 78.2. The zero-order valence-corrected chi connectivity index (χ0v) is 5.32. The van der Waals surface area contributed by atoms with Crippen molar-refractivity contribution in [3.8, 4) is 0 Å². The second-order valence-electron chi connectivity index (χ2n) is 0.795. The molecule has 0 nitrogen and oxygen atoms in total. The molecule has 0 aromatic carbocycles. The first-order chi connectivity index (χ1) is 3.18. The predicted molar refractivity (Wildman–Crippen MR) is 29.2 cm³/mol. The highest BCUT2D eigenvalue weighted by Crippen LogP contribution is 2.10. The highest BCUT2D eigenvalue weighted by atomic mass is 127. The van der Waals surface area contributed by atoms with Crippen LogP contribution in [0, 0.1) is 0 Å². The molecule has 0 aliphatic rings. The molecule has 0 aliphatic carbocycles. The fraction of sp³-hybridized carbons (Fsp3) is 0.333. The molecule has 0 bridgehead atoms. The van der Waals surface area contributed by atoms with Gasteiger partial charge in [0.2, 0.25) is 0 Å². The molecule has 0 N–H and O–H groups in total. The summed E-state index contributed by atoms with van der Waals surface area (Å²) in [4.78, 5) is 0. The molecule has 0 aromatic rings. The summed E-state index contributed by atoms with van der Waals surface area (Å²) in [5.74, 6) is -1.37. The van der Waals surface area contributed by atoms with Crippen molar-refractivity contribution in [3.63, 3.8) is 0 Å². The minimum absolute atomic E-state index is 0.711. The van der Waals surface area contributed by atoms with Crippen LogP contribution in [0.4, 0.5) is 13.2 Å². The molecule has 0 unspecified atom stereocenters. The van der Waals surface area contributed by atoms with Crippen LogP contribution in [0.5, 0.6) is 0 Å². The number of rotatable bonds is 1. The average molecular weight is 222 g/mol. The first kappa shape index (κ1) is 7.26. The van der Waals surface area contributed by atoms with Crippen molar-refractivity contribution in [2.75, 3.05) is 0 Å². The second-order valence-corrected chi connectivity index (χ2v) is 1.42. The van der Waals surface area contributed by atoms with Crippen molar-refractivity contribution in [2.24, 2.45) is 0 Å². The summed E-state index contributed by atoms with van der Waals surface area (Å²) >= 11 is 1.41. The van der Waals surface area contributed by atoms with Crippen molar-refractivity contribution in [1.29, 1.82) is 0 Å². The topological polar surface area (TPSA) is 0 Å². The van der Waals surface area contributed by atoms with Gasteiger partial charge in [0.1, 0.15) is 0 Å². The van der Waals surface area contributed by atoms with Crippen LogP contribution in [0.25, 0.3) is 0 Å². The smallest absolute Gasteiger partial charge is 0.205 e. The molecular weight excluding hydrogens is 220 g/mol. The van der Waals surface area contributed by atoms with Crippen LogP contribution < -0.4 is 0 Å². The molecule has 0 heterocycles. The van der Waals surface area contributed by atoms with Crippen molar-refractivity contribution >= 4 is 22.6 Å². The number of allylic oxidation sites excluding steroid dienone is 1. The van der Waals surface area contributed by atoms with Gasteiger partial charge in [0.25, 0.3) is 6.43 Å². The SMILES string of the molecule is F/C(=C\I)C(F)F. The summed E-state index contributed by atoms with van der Waals surface area (Å²) < 4.78 is 34.0. The van der Waals surface area contributed by atoms with E-state index in [1.165, 1.54) is 22.6 Å². The molecule has 0 radical (unpaired) electrons. The number of hydrogen-bond donors (Lipinski definition) is 0. The Kier molecular flexibility index (Phi) is 3.41. The number of halogens is 4. The van der Waals surface area contributed by atoms with Gasteiger partial charge in [0, 0.05) is 4.08 Å². The summed E-state index contributed by atoms with van der Waals surface area (Å²) in [7, 11) is 0. The molecule has 7 heavy (non-hydrogen) atoms. The van der Waals surface area contributed by atoms with E-state index in [0.717, 1.165) is 0 Å². The van der Waals surface area contributed by atoms with Crippen LogP contribution >= 0.6 is 22.6 Å². The van der Waals surface area contributed by atoms with Gasteiger partial charge in [-0.3, -0.25) is 0 Å². The third-order valence-electron chi connectivity index (χ3n) is 0.313. The minimum Gasteiger partial charge on any atom is -0.205 e. The van der Waals surface area contributed by atoms with Crippen LogP contribution in [0.15, 0.2) is 9.91 Å². The average Bonchev–Trinajstić information content (AvgIpc) is 1.65. The Balaban J connectivity index is 3.56. The molecule has 0 aromatic heterocycles. The van der Waals surface area contributed by atoms with E-state index in [4.69, 9.17) is 0 Å². The quantitative estimate of drug-likeness (QED) is 0.598. The molecule has 0 saturated carbocycles. The molecule has 4 heteroatoms. The summed E-state index contributed by atoms with van der Waals surface area (Å²) in [5, 5.41) is 0. The summed E-state index contributed by atoms with van der Waals surface area (Å²) in [6.07, 6.45) is -2.95. The summed E-state index contributed by atoms with van der Waals surface area (Å²) in [5.41, 5.74) is 0. The number of alkyl halides is 2. The van der Waals surface area contributed by atoms with E-state index in [-0.39, 0.29) is 0 Å². The second kappa shape index (κ2) is 3.29. The lowest BCUT2D eigenvalue weighted by atomic mass is 10.6. The lowest BCUT2D eigenvalue weighted by Gasteiger charge is -1.86. The van der Waals surface area contributed by atoms with Gasteiger partial charge in [-0.1, -0.05) is 0 Å². The Morgan fingerprint density at radius 1 is 1.57 bits per heavy atom. The molecule has 0 spiro atoms. The predicted octanol–water partition coefficient (Wildman–Crippen LogP) is 2.50. The highest BCUT2D eigenvalue weighted by molar-refractivity contribution is 14.1. The molecule has 0 amide bonds. The van der Waals surface area contributed by atoms with Gasteiger partial charge in [-0.05, 0) is 22.6 Å². The summed E-state index contributed by atoms with van der Waals surface area (Å²) in [6, 6.07) is 0. The van der Waals surface area contributed by atoms with Crippen molar-refractivity contribution < 1.29 is 13.2 Å². The van der Waals surface area contributed by atoms with Gasteiger partial charge in [0.05, 0.1) is 0 Å². The van der Waals surface area contributed by atoms with Crippen molar-refractivity contribution in [1.82, 2.24) is 0 Å². The van der Waals surface area contributed by atoms with Gasteiger partial charge in [0.15, 0.2) is 5.83 Å². The molecular formula is C3H2F3I. The van der Waals surface area contributed by atoms with Crippen LogP contribution in [0.1, 0.15) is 0 Å². The maximum absolute atomic E-state index is 11.4. The number of hydrogen-bond acceptors (Lipinski definition) is 0. The van der Waals surface area contributed by atoms with Crippen LogP contribution in [0.3, 0.4) is 0 Å². The first-order valence-electron chi connectivity index (χ1n) is 1.42. The van der Waals surface area contributed by atoms with E-state index in [1.54, 1.807) is 0 Å². The van der Waals surface area contributed by atoms with Crippen molar-refractivity contribution in [3.05, 3.63) is 9.91 Å². The normalized spacial score (nSPS) is 13.0. The lowest BCUT2D eigenvalue weighted by molar-refractivity contribution is 0.160. The minimum atomic E-state index is -2.95. The summed E-state index contributed by atoms with van der Waals surface area (Å²) in [6.45, 7) is 0. The van der Waals surface area contributed by atoms with Crippen LogP contribution in [0.2, 0.25) is 0 Å². The standard InChI is InChI=1S/C3H2F3I/c4-2(1-7)3(5)6/h1,3H/b2-1-. The molecule has 0 fully saturated rings. The van der Waals surface area contributed by atoms with E-state index in [2.05, 4.69) is 0 Å². The molecule has 0 rings (SSSR count). The molecule has 0 atom stereocenters. The van der Waals surface area contributed by atoms with Gasteiger partial charge in [-0.25, -0.2) is 13.2 Å². The van der Waals surface area contributed by atoms with E-state index >= 15 is 0 Å². The Labute approximate surface area is 52.5 Å². The Hall–Kier alpha value is 0.260. The zero-order valence-electron chi connectivity index (χ0n) is 3.17. The van der Waals surface area contributed by atoms with Crippen molar-refractivity contribution in [2.45, 2.75) is 6.43 Å². The molecule has 0 saturated heterocycles. The molecule has 0 aliphatic heterocycles.